The summed E-state index contributed by atoms with van der Waals surface area (Å²) in [4.78, 5) is 4.27. The van der Waals surface area contributed by atoms with E-state index in [0.29, 0.717) is 11.9 Å². The van der Waals surface area contributed by atoms with Crippen LogP contribution in [0.5, 0.6) is 11.6 Å². The molecule has 1 heterocycles. The average molecular weight is 333 g/mol. The predicted octanol–water partition coefficient (Wildman–Crippen LogP) is 4.20. The van der Waals surface area contributed by atoms with Crippen LogP contribution in [0, 0.1) is 6.92 Å². The van der Waals surface area contributed by atoms with Gasteiger partial charge in [0.25, 0.3) is 0 Å². The molecule has 2 aromatic rings. The molecule has 0 spiro atoms. The number of aromatic nitrogens is 1. The average Bonchev–Trinajstić information content (AvgIpc) is 3.25. The first-order valence-electron chi connectivity index (χ1n) is 6.83. The molecule has 1 N–H and O–H groups in total. The Morgan fingerprint density at radius 2 is 2.15 bits per heavy atom. The third-order valence-corrected chi connectivity index (χ3v) is 4.21. The van der Waals surface area contributed by atoms with Crippen LogP contribution in [0.2, 0.25) is 0 Å². The summed E-state index contributed by atoms with van der Waals surface area (Å²) in [5, 5.41) is 3.49. The van der Waals surface area contributed by atoms with Gasteiger partial charge in [0, 0.05) is 29.3 Å². The second-order valence-electron chi connectivity index (χ2n) is 5.17. The van der Waals surface area contributed by atoms with Crippen LogP contribution >= 0.6 is 15.9 Å². The first-order chi connectivity index (χ1) is 9.70. The van der Waals surface area contributed by atoms with E-state index in [1.807, 2.05) is 37.3 Å². The summed E-state index contributed by atoms with van der Waals surface area (Å²) >= 11 is 3.49. The van der Waals surface area contributed by atoms with Gasteiger partial charge >= 0.3 is 0 Å². The van der Waals surface area contributed by atoms with Gasteiger partial charge in [0.15, 0.2) is 0 Å². The maximum Gasteiger partial charge on any atom is 0.219 e. The van der Waals surface area contributed by atoms with E-state index in [0.717, 1.165) is 22.3 Å². The van der Waals surface area contributed by atoms with E-state index in [1.54, 1.807) is 6.20 Å². The Kier molecular flexibility index (Phi) is 4.03. The lowest BCUT2D eigenvalue weighted by Gasteiger charge is -2.08. The summed E-state index contributed by atoms with van der Waals surface area (Å²) in [6.07, 6.45) is 4.39. The van der Waals surface area contributed by atoms with Gasteiger partial charge < -0.3 is 10.1 Å². The van der Waals surface area contributed by atoms with Crippen molar-refractivity contribution in [2.75, 3.05) is 0 Å². The van der Waals surface area contributed by atoms with Gasteiger partial charge in [0.2, 0.25) is 5.88 Å². The minimum atomic E-state index is 0.641. The molecule has 1 fully saturated rings. The molecule has 20 heavy (non-hydrogen) atoms. The third-order valence-electron chi connectivity index (χ3n) is 3.32. The largest absolute Gasteiger partial charge is 0.439 e. The minimum absolute atomic E-state index is 0.641. The van der Waals surface area contributed by atoms with E-state index in [2.05, 4.69) is 26.2 Å². The highest BCUT2D eigenvalue weighted by molar-refractivity contribution is 9.10. The Morgan fingerprint density at radius 1 is 1.30 bits per heavy atom. The van der Waals surface area contributed by atoms with E-state index < -0.39 is 0 Å². The third kappa shape index (κ3) is 3.58. The quantitative estimate of drug-likeness (QED) is 0.891. The van der Waals surface area contributed by atoms with Crippen LogP contribution in [0.25, 0.3) is 0 Å². The van der Waals surface area contributed by atoms with Crippen molar-refractivity contribution in [2.45, 2.75) is 32.4 Å². The maximum absolute atomic E-state index is 5.82. The standard InChI is InChI=1S/C16H17BrN2O/c1-11-8-14(4-5-15(11)17)20-16-9-12(6-7-18-16)10-19-13-2-3-13/h4-9,13,19H,2-3,10H2,1H3. The molecule has 0 radical (unpaired) electrons. The van der Waals surface area contributed by atoms with Crippen molar-refractivity contribution in [1.29, 1.82) is 0 Å². The Balaban J connectivity index is 1.69. The van der Waals surface area contributed by atoms with Crippen molar-refractivity contribution >= 4 is 15.9 Å². The van der Waals surface area contributed by atoms with E-state index in [1.165, 1.54) is 18.4 Å². The van der Waals surface area contributed by atoms with Gasteiger partial charge in [0.05, 0.1) is 0 Å². The van der Waals surface area contributed by atoms with Crippen molar-refractivity contribution in [2.24, 2.45) is 0 Å². The van der Waals surface area contributed by atoms with Crippen LogP contribution in [0.4, 0.5) is 0 Å². The van der Waals surface area contributed by atoms with Gasteiger partial charge in [-0.05, 0) is 55.2 Å². The first kappa shape index (κ1) is 13.6. The summed E-state index contributed by atoms with van der Waals surface area (Å²) in [7, 11) is 0. The summed E-state index contributed by atoms with van der Waals surface area (Å²) in [5.41, 5.74) is 2.35. The van der Waals surface area contributed by atoms with Crippen molar-refractivity contribution in [3.63, 3.8) is 0 Å². The van der Waals surface area contributed by atoms with E-state index >= 15 is 0 Å². The first-order valence-corrected chi connectivity index (χ1v) is 7.62. The number of halogens is 1. The molecule has 0 aliphatic heterocycles. The molecule has 1 aliphatic carbocycles. The van der Waals surface area contributed by atoms with Crippen LogP contribution in [0.1, 0.15) is 24.0 Å². The molecular formula is C16H17BrN2O. The molecular weight excluding hydrogens is 316 g/mol. The van der Waals surface area contributed by atoms with Gasteiger partial charge in [-0.2, -0.15) is 0 Å². The Hall–Kier alpha value is -1.39. The van der Waals surface area contributed by atoms with E-state index in [4.69, 9.17) is 4.74 Å². The fraction of sp³-hybridized carbons (Fsp3) is 0.312. The predicted molar refractivity (Wildman–Crippen MR) is 83.1 cm³/mol. The zero-order valence-electron chi connectivity index (χ0n) is 11.4. The summed E-state index contributed by atoms with van der Waals surface area (Å²) in [6.45, 7) is 2.92. The summed E-state index contributed by atoms with van der Waals surface area (Å²) < 4.78 is 6.90. The van der Waals surface area contributed by atoms with Gasteiger partial charge in [-0.25, -0.2) is 4.98 Å². The monoisotopic (exact) mass is 332 g/mol. The van der Waals surface area contributed by atoms with Crippen LogP contribution < -0.4 is 10.1 Å². The van der Waals surface area contributed by atoms with Gasteiger partial charge in [-0.15, -0.1) is 0 Å². The number of benzene rings is 1. The van der Waals surface area contributed by atoms with Gasteiger partial charge in [0.1, 0.15) is 5.75 Å². The topological polar surface area (TPSA) is 34.1 Å². The van der Waals surface area contributed by atoms with E-state index in [9.17, 15) is 0 Å². The molecule has 1 aliphatic rings. The highest BCUT2D eigenvalue weighted by atomic mass is 79.9. The Morgan fingerprint density at radius 3 is 2.90 bits per heavy atom. The molecule has 0 bridgehead atoms. The Labute approximate surface area is 127 Å². The normalized spacial score (nSPS) is 14.3. The molecule has 3 rings (SSSR count). The van der Waals surface area contributed by atoms with Gasteiger partial charge in [-0.3, -0.25) is 0 Å². The lowest BCUT2D eigenvalue weighted by molar-refractivity contribution is 0.461. The lowest BCUT2D eigenvalue weighted by Crippen LogP contribution is -2.15. The van der Waals surface area contributed by atoms with Crippen LogP contribution in [0.3, 0.4) is 0 Å². The number of hydrogen-bond acceptors (Lipinski definition) is 3. The SMILES string of the molecule is Cc1cc(Oc2cc(CNC3CC3)ccn2)ccc1Br. The molecule has 4 heteroatoms. The number of hydrogen-bond donors (Lipinski definition) is 1. The number of nitrogens with zero attached hydrogens (tertiary/aromatic N) is 1. The van der Waals surface area contributed by atoms with Crippen molar-refractivity contribution in [1.82, 2.24) is 10.3 Å². The number of rotatable bonds is 5. The lowest BCUT2D eigenvalue weighted by atomic mass is 10.2. The molecule has 0 amide bonds. The summed E-state index contributed by atoms with van der Waals surface area (Å²) in [5.74, 6) is 1.45. The highest BCUT2D eigenvalue weighted by Gasteiger charge is 2.19. The van der Waals surface area contributed by atoms with Crippen molar-refractivity contribution < 1.29 is 4.74 Å². The molecule has 0 unspecified atom stereocenters. The molecule has 104 valence electrons. The number of ether oxygens (including phenoxy) is 1. The zero-order chi connectivity index (χ0) is 13.9. The smallest absolute Gasteiger partial charge is 0.219 e. The number of aryl methyl sites for hydroxylation is 1. The molecule has 3 nitrogen and oxygen atoms in total. The molecule has 0 saturated heterocycles. The molecule has 1 aromatic heterocycles. The fourth-order valence-electron chi connectivity index (χ4n) is 1.97. The van der Waals surface area contributed by atoms with Crippen LogP contribution in [-0.2, 0) is 6.54 Å². The maximum atomic E-state index is 5.82. The second kappa shape index (κ2) is 5.94. The molecule has 1 saturated carbocycles. The van der Waals surface area contributed by atoms with E-state index in [-0.39, 0.29) is 0 Å². The van der Waals surface area contributed by atoms with Crippen LogP contribution in [0.15, 0.2) is 41.0 Å². The minimum Gasteiger partial charge on any atom is -0.439 e. The fourth-order valence-corrected chi connectivity index (χ4v) is 2.21. The van der Waals surface area contributed by atoms with Crippen LogP contribution in [-0.4, -0.2) is 11.0 Å². The number of nitrogens with one attached hydrogen (secondary N) is 1. The van der Waals surface area contributed by atoms with Crippen molar-refractivity contribution in [3.05, 3.63) is 52.1 Å². The highest BCUT2D eigenvalue weighted by Crippen LogP contribution is 2.25. The Bertz CT molecular complexity index is 611. The zero-order valence-corrected chi connectivity index (χ0v) is 13.0. The molecule has 1 aromatic carbocycles. The molecule has 0 atom stereocenters. The van der Waals surface area contributed by atoms with Crippen molar-refractivity contribution in [3.8, 4) is 11.6 Å². The summed E-state index contributed by atoms with van der Waals surface area (Å²) in [6, 6.07) is 10.7. The van der Waals surface area contributed by atoms with Gasteiger partial charge in [-0.1, -0.05) is 15.9 Å². The second-order valence-corrected chi connectivity index (χ2v) is 6.02. The number of pyridine rings is 1.